The summed E-state index contributed by atoms with van der Waals surface area (Å²) in [5.41, 5.74) is 1.65. The maximum absolute atomic E-state index is 15.5. The summed E-state index contributed by atoms with van der Waals surface area (Å²) >= 11 is 14.1. The Labute approximate surface area is 264 Å². The molecule has 1 amide bonds. The quantitative estimate of drug-likeness (QED) is 0.163. The Balaban J connectivity index is 1.43. The third-order valence-corrected chi connectivity index (χ3v) is 8.27. The van der Waals surface area contributed by atoms with Crippen molar-refractivity contribution in [1.82, 2.24) is 19.9 Å². The summed E-state index contributed by atoms with van der Waals surface area (Å²) in [5, 5.41) is 20.8. The fourth-order valence-corrected chi connectivity index (χ4v) is 5.92. The van der Waals surface area contributed by atoms with E-state index in [-0.39, 0.29) is 34.6 Å². The number of carbonyl (C=O) groups is 1. The van der Waals surface area contributed by atoms with Crippen LogP contribution in [0.4, 0.5) is 14.9 Å². The van der Waals surface area contributed by atoms with Crippen LogP contribution in [0, 0.1) is 5.82 Å². The molecule has 1 unspecified atom stereocenters. The van der Waals surface area contributed by atoms with E-state index in [0.29, 0.717) is 31.6 Å². The number of anilines is 1. The van der Waals surface area contributed by atoms with Gasteiger partial charge in [-0.15, -0.1) is 11.3 Å². The van der Waals surface area contributed by atoms with Crippen LogP contribution in [-0.4, -0.2) is 68.2 Å². The maximum atomic E-state index is 15.5. The number of amides is 1. The molecule has 44 heavy (non-hydrogen) atoms. The Morgan fingerprint density at radius 1 is 1.07 bits per heavy atom. The van der Waals surface area contributed by atoms with Crippen molar-refractivity contribution in [2.75, 3.05) is 18.6 Å². The zero-order valence-electron chi connectivity index (χ0n) is 23.8. The minimum atomic E-state index is -1.30. The zero-order chi connectivity index (χ0) is 31.7. The van der Waals surface area contributed by atoms with Crippen LogP contribution in [0.1, 0.15) is 20.8 Å². The molecule has 0 bridgehead atoms. The first-order valence-corrected chi connectivity index (χ1v) is 14.8. The first-order valence-electron chi connectivity index (χ1n) is 13.2. The molecule has 2 aromatic carbocycles. The first kappa shape index (κ1) is 31.4. The fourth-order valence-electron chi connectivity index (χ4n) is 4.38. The summed E-state index contributed by atoms with van der Waals surface area (Å²) in [6.07, 6.45) is 1.26. The number of aromatic nitrogens is 4. The lowest BCUT2D eigenvalue weighted by molar-refractivity contribution is 0.116. The van der Waals surface area contributed by atoms with E-state index in [9.17, 15) is 15.0 Å². The largest absolute Gasteiger partial charge is 0.495 e. The monoisotopic (exact) mass is 661 g/mol. The number of carboxylic acid groups (broad SMARTS) is 1. The molecule has 3 heterocycles. The molecule has 0 spiro atoms. The molecular weight excluding hydrogens is 636 g/mol. The number of hydrogen-bond donors (Lipinski definition) is 2. The van der Waals surface area contributed by atoms with Gasteiger partial charge in [0.2, 0.25) is 0 Å². The van der Waals surface area contributed by atoms with Crippen LogP contribution >= 0.6 is 34.5 Å². The number of pyridine rings is 1. The molecule has 0 fully saturated rings. The van der Waals surface area contributed by atoms with E-state index in [1.54, 1.807) is 52.3 Å². The second-order valence-electron chi connectivity index (χ2n) is 9.87. The van der Waals surface area contributed by atoms with Crippen molar-refractivity contribution in [2.24, 2.45) is 0 Å². The van der Waals surface area contributed by atoms with Gasteiger partial charge in [0, 0.05) is 22.0 Å². The van der Waals surface area contributed by atoms with Crippen LogP contribution in [0.2, 0.25) is 10.0 Å². The van der Waals surface area contributed by atoms with Gasteiger partial charge in [-0.1, -0.05) is 23.2 Å². The van der Waals surface area contributed by atoms with E-state index in [1.807, 2.05) is 0 Å². The highest BCUT2D eigenvalue weighted by Gasteiger charge is 2.30. The lowest BCUT2D eigenvalue weighted by atomic mass is 10.1. The molecule has 230 valence electrons. The van der Waals surface area contributed by atoms with E-state index < -0.39 is 30.2 Å². The number of ether oxygens (including phenoxy) is 3. The first-order chi connectivity index (χ1) is 21.0. The molecule has 0 aliphatic carbocycles. The Hall–Kier alpha value is -4.04. The number of halogens is 3. The molecule has 0 aliphatic rings. The SMILES string of the molecule is COc1cnc2c(-c3nc4c(Cl)c(F)c(O[C@@H](C)C(C)N(C(=O)O)c5cnc(OC[C@@H](C)O)nc5)cc4s3)cc(Cl)cc2c1. The van der Waals surface area contributed by atoms with Gasteiger partial charge < -0.3 is 24.4 Å². The van der Waals surface area contributed by atoms with Crippen molar-refractivity contribution in [3.05, 3.63) is 58.7 Å². The van der Waals surface area contributed by atoms with Crippen LogP contribution in [0.15, 0.2) is 42.9 Å². The smallest absolute Gasteiger partial charge is 0.412 e. The summed E-state index contributed by atoms with van der Waals surface area (Å²) in [4.78, 5) is 30.3. The molecule has 0 aliphatic heterocycles. The van der Waals surface area contributed by atoms with Crippen molar-refractivity contribution in [3.8, 4) is 28.1 Å². The zero-order valence-corrected chi connectivity index (χ0v) is 26.1. The van der Waals surface area contributed by atoms with E-state index in [4.69, 9.17) is 37.4 Å². The Kier molecular flexibility index (Phi) is 9.20. The highest BCUT2D eigenvalue weighted by Crippen LogP contribution is 2.42. The summed E-state index contributed by atoms with van der Waals surface area (Å²) in [5.74, 6) is -0.434. The average Bonchev–Trinajstić information content (AvgIpc) is 3.42. The van der Waals surface area contributed by atoms with E-state index >= 15 is 4.39 Å². The molecule has 3 aromatic heterocycles. The molecule has 0 radical (unpaired) electrons. The van der Waals surface area contributed by atoms with Gasteiger partial charge in [-0.3, -0.25) is 9.88 Å². The minimum Gasteiger partial charge on any atom is -0.495 e. The Morgan fingerprint density at radius 3 is 2.45 bits per heavy atom. The fraction of sp³-hybridized carbons (Fsp3) is 0.276. The Bertz CT molecular complexity index is 1840. The summed E-state index contributed by atoms with van der Waals surface area (Å²) in [7, 11) is 1.54. The molecular formula is C29H26Cl2FN5O6S. The number of benzene rings is 2. The minimum absolute atomic E-state index is 0.0211. The second-order valence-corrected chi connectivity index (χ2v) is 11.7. The van der Waals surface area contributed by atoms with Crippen LogP contribution in [0.5, 0.6) is 17.5 Å². The van der Waals surface area contributed by atoms with E-state index in [1.165, 1.54) is 29.8 Å². The molecule has 0 saturated carbocycles. The van der Waals surface area contributed by atoms with Gasteiger partial charge >= 0.3 is 12.1 Å². The number of thiazole rings is 1. The van der Waals surface area contributed by atoms with Crippen LogP contribution in [0.3, 0.4) is 0 Å². The second kappa shape index (κ2) is 12.9. The van der Waals surface area contributed by atoms with Gasteiger partial charge in [0.05, 0.1) is 53.8 Å². The predicted octanol–water partition coefficient (Wildman–Crippen LogP) is 6.86. The van der Waals surface area contributed by atoms with Gasteiger partial charge in [0.25, 0.3) is 0 Å². The third kappa shape index (κ3) is 6.41. The highest BCUT2D eigenvalue weighted by atomic mass is 35.5. The average molecular weight is 663 g/mol. The molecule has 15 heteroatoms. The van der Waals surface area contributed by atoms with Gasteiger partial charge in [-0.2, -0.15) is 0 Å². The number of aliphatic hydroxyl groups excluding tert-OH is 1. The van der Waals surface area contributed by atoms with E-state index in [2.05, 4.69) is 19.9 Å². The lowest BCUT2D eigenvalue weighted by Crippen LogP contribution is -2.46. The number of aliphatic hydroxyl groups is 1. The molecule has 3 atom stereocenters. The molecule has 11 nitrogen and oxygen atoms in total. The summed E-state index contributed by atoms with van der Waals surface area (Å²) in [6.45, 7) is 4.73. The summed E-state index contributed by atoms with van der Waals surface area (Å²) < 4.78 is 32.5. The van der Waals surface area contributed by atoms with Crippen molar-refractivity contribution in [1.29, 1.82) is 0 Å². The lowest BCUT2D eigenvalue weighted by Gasteiger charge is -2.30. The van der Waals surface area contributed by atoms with Gasteiger partial charge in [0.15, 0.2) is 11.6 Å². The van der Waals surface area contributed by atoms with Crippen molar-refractivity contribution < 1.29 is 33.6 Å². The van der Waals surface area contributed by atoms with E-state index in [0.717, 1.165) is 10.3 Å². The summed E-state index contributed by atoms with van der Waals surface area (Å²) in [6, 6.07) is 5.93. The maximum Gasteiger partial charge on any atom is 0.412 e. The van der Waals surface area contributed by atoms with Crippen molar-refractivity contribution in [2.45, 2.75) is 39.0 Å². The van der Waals surface area contributed by atoms with Gasteiger partial charge in [0.1, 0.15) is 34.0 Å². The number of hydrogen-bond acceptors (Lipinski definition) is 10. The van der Waals surface area contributed by atoms with Crippen LogP contribution in [0.25, 0.3) is 31.7 Å². The number of fused-ring (bicyclic) bond motifs is 2. The standard InChI is InChI=1S/C29H26Cl2FN5O6S/c1-13(38)12-42-28-34-9-18(10-35-28)37(29(39)40)14(2)15(3)43-21-8-22-26(23(31)24(21)32)36-27(44-22)20-7-17(30)5-16-6-19(41-4)11-33-25(16)20/h5-11,13-15,38H,12H2,1-4H3,(H,39,40)/t13-,14?,15+/m1/s1. The predicted molar refractivity (Wildman–Crippen MR) is 166 cm³/mol. The molecule has 0 saturated heterocycles. The normalized spacial score (nSPS) is 13.5. The number of nitrogens with zero attached hydrogens (tertiary/aromatic N) is 5. The molecule has 2 N–H and O–H groups in total. The highest BCUT2D eigenvalue weighted by molar-refractivity contribution is 7.21. The van der Waals surface area contributed by atoms with Gasteiger partial charge in [-0.05, 0) is 39.0 Å². The number of rotatable bonds is 10. The topological polar surface area (TPSA) is 140 Å². The van der Waals surface area contributed by atoms with Gasteiger partial charge in [-0.25, -0.2) is 24.1 Å². The molecule has 5 aromatic rings. The number of methoxy groups -OCH3 is 1. The molecule has 5 rings (SSSR count). The van der Waals surface area contributed by atoms with Crippen molar-refractivity contribution >= 4 is 67.4 Å². The third-order valence-electron chi connectivity index (χ3n) is 6.67. The van der Waals surface area contributed by atoms with Crippen LogP contribution in [-0.2, 0) is 0 Å². The van der Waals surface area contributed by atoms with Crippen molar-refractivity contribution in [3.63, 3.8) is 0 Å². The van der Waals surface area contributed by atoms with Crippen LogP contribution < -0.4 is 19.1 Å². The Morgan fingerprint density at radius 2 is 1.80 bits per heavy atom.